The number of nitrogens with zero attached hydrogens (tertiary/aromatic N) is 2. The highest BCUT2D eigenvalue weighted by atomic mass is 32.1. The van der Waals surface area contributed by atoms with Crippen molar-refractivity contribution in [2.24, 2.45) is 0 Å². The highest BCUT2D eigenvalue weighted by Crippen LogP contribution is 2.40. The van der Waals surface area contributed by atoms with Gasteiger partial charge in [0.15, 0.2) is 0 Å². The van der Waals surface area contributed by atoms with Crippen LogP contribution >= 0.6 is 11.3 Å². The van der Waals surface area contributed by atoms with Gasteiger partial charge in [0, 0.05) is 17.0 Å². The minimum absolute atomic E-state index is 0.0311. The van der Waals surface area contributed by atoms with E-state index >= 15 is 0 Å². The lowest BCUT2D eigenvalue weighted by Gasteiger charge is -2.10. The molecule has 0 aliphatic heterocycles. The summed E-state index contributed by atoms with van der Waals surface area (Å²) in [6.07, 6.45) is 1.58. The Balaban J connectivity index is 1.90. The molecule has 2 heterocycles. The molecule has 0 radical (unpaired) electrons. The minimum atomic E-state index is 0.0311. The number of nitrogens with one attached hydrogen (secondary N) is 1. The third-order valence-corrected chi connectivity index (χ3v) is 4.91. The van der Waals surface area contributed by atoms with Gasteiger partial charge in [-0.1, -0.05) is 12.1 Å². The van der Waals surface area contributed by atoms with Crippen LogP contribution in [0.1, 0.15) is 11.8 Å². The summed E-state index contributed by atoms with van der Waals surface area (Å²) in [6.45, 7) is 6.23. The van der Waals surface area contributed by atoms with Crippen molar-refractivity contribution >= 4 is 27.4 Å². The number of aryl methyl sites for hydroxylation is 1. The first-order valence-corrected chi connectivity index (χ1v) is 9.46. The van der Waals surface area contributed by atoms with Gasteiger partial charge in [-0.05, 0) is 31.5 Å². The molecule has 138 valence electrons. The van der Waals surface area contributed by atoms with Crippen molar-refractivity contribution in [1.29, 1.82) is 0 Å². The fourth-order valence-electron chi connectivity index (χ4n) is 2.82. The van der Waals surface area contributed by atoms with Gasteiger partial charge in [0.2, 0.25) is 0 Å². The Morgan fingerprint density at radius 3 is 2.69 bits per heavy atom. The second-order valence-corrected chi connectivity index (χ2v) is 6.86. The van der Waals surface area contributed by atoms with Gasteiger partial charge in [-0.15, -0.1) is 11.3 Å². The topological polar surface area (TPSA) is 76.5 Å². The molecular formula is C19H23N3O3S. The smallest absolute Gasteiger partial charge is 0.138 e. The number of benzene rings is 1. The lowest BCUT2D eigenvalue weighted by molar-refractivity contribution is 0.0992. The van der Waals surface area contributed by atoms with Crippen LogP contribution in [0.2, 0.25) is 0 Å². The molecule has 3 rings (SSSR count). The minimum Gasteiger partial charge on any atom is -0.494 e. The molecule has 26 heavy (non-hydrogen) atoms. The zero-order valence-corrected chi connectivity index (χ0v) is 15.8. The molecule has 2 aromatic heterocycles. The summed E-state index contributed by atoms with van der Waals surface area (Å²) in [6, 6.07) is 8.12. The second kappa shape index (κ2) is 8.93. The predicted octanol–water partition coefficient (Wildman–Crippen LogP) is 3.49. The molecule has 0 saturated heterocycles. The van der Waals surface area contributed by atoms with Crippen LogP contribution in [-0.2, 0) is 4.74 Å². The number of thiophene rings is 1. The molecule has 0 spiro atoms. The Bertz CT molecular complexity index is 849. The van der Waals surface area contributed by atoms with E-state index in [-0.39, 0.29) is 6.61 Å². The van der Waals surface area contributed by atoms with Crippen molar-refractivity contribution in [2.45, 2.75) is 13.8 Å². The van der Waals surface area contributed by atoms with E-state index in [9.17, 15) is 0 Å². The normalized spacial score (nSPS) is 11.0. The first-order valence-electron chi connectivity index (χ1n) is 8.64. The van der Waals surface area contributed by atoms with Crippen molar-refractivity contribution in [3.8, 4) is 16.9 Å². The highest BCUT2D eigenvalue weighted by Gasteiger charge is 2.16. The SMILES string of the molecule is CCOc1ccc(-c2c(C)sc3ncnc(NCCOCCO)c23)cc1. The number of hydrogen-bond donors (Lipinski definition) is 2. The summed E-state index contributed by atoms with van der Waals surface area (Å²) >= 11 is 1.66. The maximum atomic E-state index is 8.77. The lowest BCUT2D eigenvalue weighted by Crippen LogP contribution is -2.12. The van der Waals surface area contributed by atoms with Crippen molar-refractivity contribution in [1.82, 2.24) is 9.97 Å². The Labute approximate surface area is 156 Å². The number of aliphatic hydroxyl groups excluding tert-OH is 1. The van der Waals surface area contributed by atoms with Crippen LogP contribution < -0.4 is 10.1 Å². The van der Waals surface area contributed by atoms with E-state index in [4.69, 9.17) is 14.6 Å². The molecule has 1 aromatic carbocycles. The number of aromatic nitrogens is 2. The zero-order valence-electron chi connectivity index (χ0n) is 15.0. The van der Waals surface area contributed by atoms with E-state index in [2.05, 4.69) is 34.3 Å². The van der Waals surface area contributed by atoms with Gasteiger partial charge in [-0.2, -0.15) is 0 Å². The van der Waals surface area contributed by atoms with Gasteiger partial charge in [0.1, 0.15) is 22.7 Å². The molecule has 0 bridgehead atoms. The molecule has 6 nitrogen and oxygen atoms in total. The average molecular weight is 373 g/mol. The third-order valence-electron chi connectivity index (χ3n) is 3.89. The standard InChI is InChI=1S/C19H23N3O3S/c1-3-25-15-6-4-14(5-7-15)16-13(2)26-19-17(16)18(21-12-22-19)20-8-10-24-11-9-23/h4-7,12,23H,3,8-11H2,1-2H3,(H,20,21,22). The molecule has 0 aliphatic rings. The zero-order chi connectivity index (χ0) is 18.4. The monoisotopic (exact) mass is 373 g/mol. The van der Waals surface area contributed by atoms with Gasteiger partial charge in [-0.3, -0.25) is 0 Å². The van der Waals surface area contributed by atoms with Crippen molar-refractivity contribution in [2.75, 3.05) is 38.3 Å². The van der Waals surface area contributed by atoms with Gasteiger partial charge < -0.3 is 19.9 Å². The fourth-order valence-corrected chi connectivity index (χ4v) is 3.83. The molecule has 0 fully saturated rings. The van der Waals surface area contributed by atoms with E-state index in [1.165, 1.54) is 4.88 Å². The van der Waals surface area contributed by atoms with Crippen LogP contribution in [-0.4, -0.2) is 48.0 Å². The first kappa shape index (κ1) is 18.6. The van der Waals surface area contributed by atoms with Crippen LogP contribution in [0.3, 0.4) is 0 Å². The fraction of sp³-hybridized carbons (Fsp3) is 0.368. The second-order valence-electron chi connectivity index (χ2n) is 5.66. The maximum absolute atomic E-state index is 8.77. The predicted molar refractivity (Wildman–Crippen MR) is 105 cm³/mol. The van der Waals surface area contributed by atoms with Gasteiger partial charge >= 0.3 is 0 Å². The third kappa shape index (κ3) is 4.12. The molecule has 0 unspecified atom stereocenters. The summed E-state index contributed by atoms with van der Waals surface area (Å²) in [5.41, 5.74) is 2.26. The van der Waals surface area contributed by atoms with Crippen LogP contribution in [0.5, 0.6) is 5.75 Å². The number of anilines is 1. The summed E-state index contributed by atoms with van der Waals surface area (Å²) in [7, 11) is 0. The van der Waals surface area contributed by atoms with E-state index in [0.717, 1.165) is 32.9 Å². The Morgan fingerprint density at radius 2 is 1.96 bits per heavy atom. The van der Waals surface area contributed by atoms with Crippen LogP contribution in [0.4, 0.5) is 5.82 Å². The van der Waals surface area contributed by atoms with Gasteiger partial charge in [0.05, 0.1) is 31.8 Å². The molecule has 7 heteroatoms. The summed E-state index contributed by atoms with van der Waals surface area (Å²) in [5.74, 6) is 1.67. The largest absolute Gasteiger partial charge is 0.494 e. The average Bonchev–Trinajstić information content (AvgIpc) is 2.99. The number of fused-ring (bicyclic) bond motifs is 1. The van der Waals surface area contributed by atoms with Gasteiger partial charge in [-0.25, -0.2) is 9.97 Å². The maximum Gasteiger partial charge on any atom is 0.138 e. The molecule has 0 aliphatic carbocycles. The van der Waals surface area contributed by atoms with E-state index in [1.54, 1.807) is 17.7 Å². The number of rotatable bonds is 9. The van der Waals surface area contributed by atoms with E-state index < -0.39 is 0 Å². The number of aliphatic hydroxyl groups is 1. The van der Waals surface area contributed by atoms with E-state index in [1.807, 2.05) is 19.1 Å². The van der Waals surface area contributed by atoms with Crippen molar-refractivity contribution in [3.63, 3.8) is 0 Å². The number of hydrogen-bond acceptors (Lipinski definition) is 7. The number of ether oxygens (including phenoxy) is 2. The van der Waals surface area contributed by atoms with Crippen LogP contribution in [0.25, 0.3) is 21.3 Å². The summed E-state index contributed by atoms with van der Waals surface area (Å²) in [4.78, 5) is 11.0. The Hall–Kier alpha value is -2.22. The van der Waals surface area contributed by atoms with Crippen LogP contribution in [0.15, 0.2) is 30.6 Å². The lowest BCUT2D eigenvalue weighted by atomic mass is 10.0. The molecule has 0 amide bonds. The Morgan fingerprint density at radius 1 is 1.15 bits per heavy atom. The van der Waals surface area contributed by atoms with Crippen LogP contribution in [0, 0.1) is 6.92 Å². The summed E-state index contributed by atoms with van der Waals surface area (Å²) in [5, 5.41) is 13.1. The molecule has 0 saturated carbocycles. The van der Waals surface area contributed by atoms with E-state index in [0.29, 0.717) is 26.4 Å². The Kier molecular flexibility index (Phi) is 6.38. The molecule has 2 N–H and O–H groups in total. The molecule has 0 atom stereocenters. The summed E-state index contributed by atoms with van der Waals surface area (Å²) < 4.78 is 10.8. The quantitative estimate of drug-likeness (QED) is 0.559. The highest BCUT2D eigenvalue weighted by molar-refractivity contribution is 7.19. The van der Waals surface area contributed by atoms with Crippen molar-refractivity contribution in [3.05, 3.63) is 35.5 Å². The first-order chi connectivity index (χ1) is 12.7. The van der Waals surface area contributed by atoms with Gasteiger partial charge in [0.25, 0.3) is 0 Å². The molecular weight excluding hydrogens is 350 g/mol. The molecule has 3 aromatic rings. The van der Waals surface area contributed by atoms with Crippen molar-refractivity contribution < 1.29 is 14.6 Å².